The highest BCUT2D eigenvalue weighted by Crippen LogP contribution is 2.55. The molecule has 0 saturated carbocycles. The molecule has 1 N–H and O–H groups in total. The number of carbonyl (C=O) groups is 1. The van der Waals surface area contributed by atoms with Crippen LogP contribution in [0.3, 0.4) is 0 Å². The van der Waals surface area contributed by atoms with E-state index < -0.39 is 6.10 Å². The molecule has 2 heterocycles. The number of rotatable bonds is 4. The highest BCUT2D eigenvalue weighted by Gasteiger charge is 2.53. The molecular formula is C21H27NO5. The summed E-state index contributed by atoms with van der Waals surface area (Å²) in [7, 11) is 3.80. The van der Waals surface area contributed by atoms with Crippen molar-refractivity contribution in [3.8, 4) is 11.5 Å². The Hall–Kier alpha value is -2.05. The molecule has 0 saturated heterocycles. The van der Waals surface area contributed by atoms with Crippen LogP contribution < -0.4 is 9.47 Å². The summed E-state index contributed by atoms with van der Waals surface area (Å²) in [6.45, 7) is 3.43. The number of nitrogens with zero attached hydrogens (tertiary/aromatic N) is 1. The van der Waals surface area contributed by atoms with E-state index in [1.54, 1.807) is 14.0 Å². The third-order valence-electron chi connectivity index (χ3n) is 5.87. The van der Waals surface area contributed by atoms with Gasteiger partial charge in [-0.25, -0.2) is 0 Å². The molecule has 4 rings (SSSR count). The van der Waals surface area contributed by atoms with Gasteiger partial charge in [-0.05, 0) is 44.6 Å². The average Bonchev–Trinajstić information content (AvgIpc) is 2.86. The normalized spacial score (nSPS) is 29.9. The molecule has 146 valence electrons. The number of ether oxygens (including phenoxy) is 3. The predicted molar refractivity (Wildman–Crippen MR) is 100.0 cm³/mol. The third-order valence-corrected chi connectivity index (χ3v) is 5.87. The fraction of sp³-hybridized carbons (Fsp3) is 0.571. The Kier molecular flexibility index (Phi) is 4.64. The van der Waals surface area contributed by atoms with Gasteiger partial charge in [0.05, 0.1) is 25.0 Å². The van der Waals surface area contributed by atoms with Crippen molar-refractivity contribution in [2.45, 2.75) is 56.5 Å². The van der Waals surface area contributed by atoms with E-state index in [0.29, 0.717) is 6.42 Å². The van der Waals surface area contributed by atoms with Crippen molar-refractivity contribution in [1.29, 1.82) is 0 Å². The van der Waals surface area contributed by atoms with Gasteiger partial charge in [-0.2, -0.15) is 0 Å². The first-order chi connectivity index (χ1) is 12.9. The van der Waals surface area contributed by atoms with Crippen LogP contribution in [0.25, 0.3) is 0 Å². The summed E-state index contributed by atoms with van der Waals surface area (Å²) in [4.78, 5) is 14.3. The van der Waals surface area contributed by atoms with Crippen LogP contribution in [0.1, 0.15) is 37.3 Å². The monoisotopic (exact) mass is 373 g/mol. The van der Waals surface area contributed by atoms with Crippen LogP contribution in [0.4, 0.5) is 0 Å². The minimum atomic E-state index is -0.701. The number of hydrogen-bond donors (Lipinski definition) is 1. The van der Waals surface area contributed by atoms with E-state index in [1.807, 2.05) is 12.1 Å². The molecule has 2 aliphatic heterocycles. The molecule has 27 heavy (non-hydrogen) atoms. The minimum Gasteiger partial charge on any atom is -0.493 e. The van der Waals surface area contributed by atoms with Gasteiger partial charge in [0, 0.05) is 18.5 Å². The number of methoxy groups -OCH3 is 1. The van der Waals surface area contributed by atoms with E-state index >= 15 is 0 Å². The fourth-order valence-corrected chi connectivity index (χ4v) is 4.61. The summed E-state index contributed by atoms with van der Waals surface area (Å²) >= 11 is 0. The molecule has 0 amide bonds. The molecule has 0 radical (unpaired) electrons. The summed E-state index contributed by atoms with van der Waals surface area (Å²) < 4.78 is 17.5. The molecule has 4 atom stereocenters. The molecule has 1 aliphatic carbocycles. The second-order valence-corrected chi connectivity index (χ2v) is 7.94. The fourth-order valence-electron chi connectivity index (χ4n) is 4.61. The third kappa shape index (κ3) is 3.11. The molecule has 1 aromatic carbocycles. The second-order valence-electron chi connectivity index (χ2n) is 7.94. The van der Waals surface area contributed by atoms with Crippen LogP contribution in [0.5, 0.6) is 11.5 Å². The van der Waals surface area contributed by atoms with Crippen LogP contribution in [0, 0.1) is 0 Å². The number of hydrogen-bond acceptors (Lipinski definition) is 6. The van der Waals surface area contributed by atoms with Gasteiger partial charge >= 0.3 is 5.97 Å². The standard InChI is InChI=1S/C21H27NO5/c1-13(23)10-18(24)26-15-6-7-21-8-9-22(2)12-14-4-5-16(25-3)20(19(14)21)27-17(21)11-15/h4-7,13,15,17,23H,8-12H2,1-3H3/t13-,15+,17+,21+/m1/s1. The second kappa shape index (κ2) is 6.84. The molecule has 0 aromatic heterocycles. The topological polar surface area (TPSA) is 68.2 Å². The van der Waals surface area contributed by atoms with Crippen molar-refractivity contribution in [2.24, 2.45) is 0 Å². The van der Waals surface area contributed by atoms with Gasteiger partial charge in [-0.1, -0.05) is 12.1 Å². The summed E-state index contributed by atoms with van der Waals surface area (Å²) in [5.41, 5.74) is 2.28. The molecule has 1 spiro atoms. The average molecular weight is 373 g/mol. The molecule has 1 aromatic rings. The lowest BCUT2D eigenvalue weighted by atomic mass is 9.69. The van der Waals surface area contributed by atoms with Gasteiger partial charge in [0.2, 0.25) is 0 Å². The Morgan fingerprint density at radius 3 is 3.04 bits per heavy atom. The molecular weight excluding hydrogens is 346 g/mol. The maximum atomic E-state index is 12.0. The first-order valence-corrected chi connectivity index (χ1v) is 9.55. The van der Waals surface area contributed by atoms with Crippen LogP contribution >= 0.6 is 0 Å². The van der Waals surface area contributed by atoms with Crippen molar-refractivity contribution in [3.63, 3.8) is 0 Å². The molecule has 6 nitrogen and oxygen atoms in total. The van der Waals surface area contributed by atoms with Crippen LogP contribution in [0.2, 0.25) is 0 Å². The Bertz CT molecular complexity index is 774. The van der Waals surface area contributed by atoms with Crippen molar-refractivity contribution >= 4 is 5.97 Å². The van der Waals surface area contributed by atoms with Crippen molar-refractivity contribution in [1.82, 2.24) is 4.90 Å². The van der Waals surface area contributed by atoms with Crippen LogP contribution in [-0.4, -0.2) is 55.0 Å². The number of benzene rings is 1. The molecule has 0 fully saturated rings. The zero-order valence-corrected chi connectivity index (χ0v) is 16.1. The lowest BCUT2D eigenvalue weighted by molar-refractivity contribution is -0.150. The van der Waals surface area contributed by atoms with Gasteiger partial charge in [0.25, 0.3) is 0 Å². The molecule has 0 bridgehead atoms. The van der Waals surface area contributed by atoms with E-state index in [1.165, 1.54) is 11.1 Å². The first-order valence-electron chi connectivity index (χ1n) is 9.55. The summed E-state index contributed by atoms with van der Waals surface area (Å²) in [6.07, 6.45) is 4.59. The Morgan fingerprint density at radius 2 is 2.30 bits per heavy atom. The Morgan fingerprint density at radius 1 is 1.48 bits per heavy atom. The highest BCUT2D eigenvalue weighted by atomic mass is 16.6. The number of aliphatic hydroxyl groups is 1. The Labute approximate surface area is 159 Å². The highest BCUT2D eigenvalue weighted by molar-refractivity contribution is 5.70. The molecule has 0 unspecified atom stereocenters. The smallest absolute Gasteiger partial charge is 0.308 e. The molecule has 3 aliphatic rings. The maximum Gasteiger partial charge on any atom is 0.308 e. The summed E-state index contributed by atoms with van der Waals surface area (Å²) in [6, 6.07) is 4.11. The van der Waals surface area contributed by atoms with E-state index in [-0.39, 0.29) is 30.0 Å². The zero-order chi connectivity index (χ0) is 19.2. The quantitative estimate of drug-likeness (QED) is 0.644. The van der Waals surface area contributed by atoms with E-state index in [0.717, 1.165) is 31.0 Å². The van der Waals surface area contributed by atoms with E-state index in [2.05, 4.69) is 24.1 Å². The number of esters is 1. The van der Waals surface area contributed by atoms with E-state index in [9.17, 15) is 9.90 Å². The SMILES string of the molecule is COc1ccc2c3c1O[C@H]1C[C@@H](OC(=O)C[C@@H](C)O)C=C[C@@]31CCN(C)C2. The van der Waals surface area contributed by atoms with Crippen LogP contribution in [0.15, 0.2) is 24.3 Å². The number of carbonyl (C=O) groups excluding carboxylic acids is 1. The maximum absolute atomic E-state index is 12.0. The lowest BCUT2D eigenvalue weighted by Crippen LogP contribution is -2.43. The summed E-state index contributed by atoms with van der Waals surface area (Å²) in [5.74, 6) is 1.20. The van der Waals surface area contributed by atoms with Gasteiger partial charge in [-0.15, -0.1) is 0 Å². The van der Waals surface area contributed by atoms with Crippen molar-refractivity contribution < 1.29 is 24.1 Å². The lowest BCUT2D eigenvalue weighted by Gasteiger charge is -2.36. The zero-order valence-electron chi connectivity index (χ0n) is 16.1. The summed E-state index contributed by atoms with van der Waals surface area (Å²) in [5, 5.41) is 9.39. The minimum absolute atomic E-state index is 0.00397. The van der Waals surface area contributed by atoms with E-state index in [4.69, 9.17) is 14.2 Å². The Balaban J connectivity index is 1.67. The van der Waals surface area contributed by atoms with Gasteiger partial charge < -0.3 is 24.2 Å². The van der Waals surface area contributed by atoms with Gasteiger partial charge in [-0.3, -0.25) is 4.79 Å². The van der Waals surface area contributed by atoms with Gasteiger partial charge in [0.1, 0.15) is 12.2 Å². The molecule has 6 heteroatoms. The van der Waals surface area contributed by atoms with Crippen molar-refractivity contribution in [2.75, 3.05) is 20.7 Å². The predicted octanol–water partition coefficient (Wildman–Crippen LogP) is 2.17. The van der Waals surface area contributed by atoms with Crippen molar-refractivity contribution in [3.05, 3.63) is 35.4 Å². The van der Waals surface area contributed by atoms with Gasteiger partial charge in [0.15, 0.2) is 11.5 Å². The first kappa shape index (κ1) is 18.3. The largest absolute Gasteiger partial charge is 0.493 e. The number of aliphatic hydroxyl groups excluding tert-OH is 1. The van der Waals surface area contributed by atoms with Crippen LogP contribution in [-0.2, 0) is 21.5 Å².